The van der Waals surface area contributed by atoms with Crippen molar-refractivity contribution in [2.24, 2.45) is 0 Å². The molecule has 0 rings (SSSR count). The normalized spacial score (nSPS) is 10.8. The van der Waals surface area contributed by atoms with Crippen LogP contribution in [0, 0.1) is 44.1 Å². The van der Waals surface area contributed by atoms with E-state index in [-0.39, 0.29) is 44.1 Å². The van der Waals surface area contributed by atoms with Gasteiger partial charge in [0.15, 0.2) is 0 Å². The summed E-state index contributed by atoms with van der Waals surface area (Å²) in [6, 6.07) is 0. The summed E-state index contributed by atoms with van der Waals surface area (Å²) in [5.74, 6) is 0.450. The SMILES string of the molecule is CCCCC/C=C(/C)O.[Ac]. The van der Waals surface area contributed by atoms with Crippen LogP contribution in [0.4, 0.5) is 0 Å². The van der Waals surface area contributed by atoms with E-state index >= 15 is 0 Å². The maximum absolute atomic E-state index is 8.71. The fourth-order valence-corrected chi connectivity index (χ4v) is 0.705. The molecule has 0 saturated carbocycles. The van der Waals surface area contributed by atoms with Gasteiger partial charge in [0.1, 0.15) is 0 Å². The molecule has 0 aromatic rings. The Morgan fingerprint density at radius 3 is 2.40 bits per heavy atom. The smallest absolute Gasteiger partial charge is 0.0851 e. The van der Waals surface area contributed by atoms with Gasteiger partial charge in [-0.25, -0.2) is 0 Å². The van der Waals surface area contributed by atoms with Crippen LogP contribution in [-0.4, -0.2) is 5.11 Å². The van der Waals surface area contributed by atoms with Gasteiger partial charge in [-0.2, -0.15) is 0 Å². The first-order valence-corrected chi connectivity index (χ1v) is 3.63. The third kappa shape index (κ3) is 11.7. The molecule has 0 aromatic heterocycles. The Labute approximate surface area is 99.5 Å². The molecule has 0 amide bonds. The second-order valence-electron chi connectivity index (χ2n) is 2.34. The van der Waals surface area contributed by atoms with Gasteiger partial charge in [0.2, 0.25) is 0 Å². The molecule has 0 aliphatic heterocycles. The molecule has 2 heteroatoms. The van der Waals surface area contributed by atoms with E-state index in [4.69, 9.17) is 5.11 Å². The van der Waals surface area contributed by atoms with E-state index in [0.29, 0.717) is 5.76 Å². The summed E-state index contributed by atoms with van der Waals surface area (Å²) in [7, 11) is 0. The fourth-order valence-electron chi connectivity index (χ4n) is 0.705. The summed E-state index contributed by atoms with van der Waals surface area (Å²) < 4.78 is 0. The zero-order valence-electron chi connectivity index (χ0n) is 6.93. The molecule has 0 spiro atoms. The maximum Gasteiger partial charge on any atom is 0.0851 e. The molecule has 0 fully saturated rings. The van der Waals surface area contributed by atoms with Gasteiger partial charge in [-0.05, 0) is 25.8 Å². The second kappa shape index (κ2) is 9.98. The van der Waals surface area contributed by atoms with Crippen molar-refractivity contribution in [2.45, 2.75) is 39.5 Å². The molecule has 0 atom stereocenters. The van der Waals surface area contributed by atoms with Crippen LogP contribution in [0.5, 0.6) is 0 Å². The first-order chi connectivity index (χ1) is 4.27. The number of rotatable bonds is 4. The molecule has 0 bridgehead atoms. The Morgan fingerprint density at radius 1 is 1.40 bits per heavy atom. The summed E-state index contributed by atoms with van der Waals surface area (Å²) in [4.78, 5) is 0. The number of hydrogen-bond donors (Lipinski definition) is 1. The molecule has 0 unspecified atom stereocenters. The Balaban J connectivity index is 0. The topological polar surface area (TPSA) is 20.2 Å². The third-order valence-corrected chi connectivity index (χ3v) is 1.25. The van der Waals surface area contributed by atoms with Crippen LogP contribution in [0.3, 0.4) is 0 Å². The minimum absolute atomic E-state index is 0. The maximum atomic E-state index is 8.71. The Kier molecular flexibility index (Phi) is 13.5. The average molecular weight is 355 g/mol. The minimum atomic E-state index is 0. The van der Waals surface area contributed by atoms with E-state index in [1.807, 2.05) is 6.08 Å². The van der Waals surface area contributed by atoms with Crippen LogP contribution < -0.4 is 0 Å². The zero-order chi connectivity index (χ0) is 7.11. The molecule has 1 N–H and O–H groups in total. The van der Waals surface area contributed by atoms with E-state index in [1.54, 1.807) is 6.92 Å². The van der Waals surface area contributed by atoms with Crippen LogP contribution in [0.15, 0.2) is 11.8 Å². The number of hydrogen-bond acceptors (Lipinski definition) is 1. The third-order valence-electron chi connectivity index (χ3n) is 1.25. The zero-order valence-corrected chi connectivity index (χ0v) is 11.7. The quantitative estimate of drug-likeness (QED) is 0.607. The largest absolute Gasteiger partial charge is 0.513 e. The molecule has 0 heterocycles. The Hall–Kier alpha value is 0.982. The van der Waals surface area contributed by atoms with Crippen LogP contribution in [-0.2, 0) is 0 Å². The van der Waals surface area contributed by atoms with Crippen molar-refractivity contribution in [2.75, 3.05) is 0 Å². The van der Waals surface area contributed by atoms with E-state index in [1.165, 1.54) is 19.3 Å². The van der Waals surface area contributed by atoms with Gasteiger partial charge >= 0.3 is 0 Å². The van der Waals surface area contributed by atoms with Gasteiger partial charge in [-0.15, -0.1) is 0 Å². The van der Waals surface area contributed by atoms with E-state index in [2.05, 4.69) is 6.92 Å². The second-order valence-corrected chi connectivity index (χ2v) is 2.34. The summed E-state index contributed by atoms with van der Waals surface area (Å²) >= 11 is 0. The molecule has 1 radical (unpaired) electrons. The number of aliphatic hydroxyl groups excluding tert-OH is 1. The summed E-state index contributed by atoms with van der Waals surface area (Å²) in [6.07, 6.45) is 6.61. The number of aliphatic hydroxyl groups is 1. The Bertz CT molecular complexity index is 85.3. The molecule has 0 aliphatic rings. The van der Waals surface area contributed by atoms with Crippen molar-refractivity contribution in [3.63, 3.8) is 0 Å². The first-order valence-electron chi connectivity index (χ1n) is 3.63. The fraction of sp³-hybridized carbons (Fsp3) is 0.750. The molecule has 57 valence electrons. The van der Waals surface area contributed by atoms with Crippen molar-refractivity contribution in [3.05, 3.63) is 11.8 Å². The van der Waals surface area contributed by atoms with Gasteiger partial charge in [0, 0.05) is 44.1 Å². The monoisotopic (exact) mass is 355 g/mol. The summed E-state index contributed by atoms with van der Waals surface area (Å²) in [5, 5.41) is 8.71. The summed E-state index contributed by atoms with van der Waals surface area (Å²) in [5.41, 5.74) is 0. The van der Waals surface area contributed by atoms with E-state index < -0.39 is 0 Å². The average Bonchev–Trinajstić information content (AvgIpc) is 1.80. The summed E-state index contributed by atoms with van der Waals surface area (Å²) in [6.45, 7) is 3.89. The molecule has 10 heavy (non-hydrogen) atoms. The van der Waals surface area contributed by atoms with Crippen molar-refractivity contribution in [1.29, 1.82) is 0 Å². The predicted molar refractivity (Wildman–Crippen MR) is 40.5 cm³/mol. The molecular formula is C8H16AcO. The molecule has 0 aromatic carbocycles. The molecule has 0 saturated heterocycles. The van der Waals surface area contributed by atoms with Gasteiger partial charge in [-0.1, -0.05) is 19.8 Å². The molecular weight excluding hydrogens is 339 g/mol. The van der Waals surface area contributed by atoms with Crippen molar-refractivity contribution in [3.8, 4) is 0 Å². The van der Waals surface area contributed by atoms with Crippen LogP contribution in [0.25, 0.3) is 0 Å². The van der Waals surface area contributed by atoms with Crippen molar-refractivity contribution in [1.82, 2.24) is 0 Å². The van der Waals surface area contributed by atoms with Gasteiger partial charge in [0.25, 0.3) is 0 Å². The van der Waals surface area contributed by atoms with E-state index in [9.17, 15) is 0 Å². The van der Waals surface area contributed by atoms with Gasteiger partial charge < -0.3 is 5.11 Å². The predicted octanol–water partition coefficient (Wildman–Crippen LogP) is 3.03. The van der Waals surface area contributed by atoms with Crippen LogP contribution >= 0.6 is 0 Å². The standard InChI is InChI=1S/C8H16O.Ac/c1-3-4-5-6-7-8(2)9;/h7,9H,3-6H2,1-2H3;/b8-7-;. The van der Waals surface area contributed by atoms with Crippen molar-refractivity contribution >= 4 is 0 Å². The van der Waals surface area contributed by atoms with Crippen molar-refractivity contribution < 1.29 is 49.2 Å². The van der Waals surface area contributed by atoms with E-state index in [0.717, 1.165) is 6.42 Å². The van der Waals surface area contributed by atoms with Gasteiger partial charge in [0.05, 0.1) is 5.76 Å². The number of allylic oxidation sites excluding steroid dienone is 2. The minimum Gasteiger partial charge on any atom is -0.513 e. The Morgan fingerprint density at radius 2 is 2.00 bits per heavy atom. The first kappa shape index (κ1) is 13.6. The molecule has 1 nitrogen and oxygen atoms in total. The van der Waals surface area contributed by atoms with Gasteiger partial charge in [-0.3, -0.25) is 0 Å². The number of unbranched alkanes of at least 4 members (excludes halogenated alkanes) is 3. The molecule has 0 aliphatic carbocycles. The van der Waals surface area contributed by atoms with Crippen LogP contribution in [0.2, 0.25) is 0 Å². The van der Waals surface area contributed by atoms with Crippen LogP contribution in [0.1, 0.15) is 39.5 Å².